The van der Waals surface area contributed by atoms with Crippen molar-refractivity contribution < 1.29 is 27.4 Å². The van der Waals surface area contributed by atoms with Gasteiger partial charge in [0.2, 0.25) is 11.0 Å². The summed E-state index contributed by atoms with van der Waals surface area (Å²) in [5.74, 6) is -1.41. The van der Waals surface area contributed by atoms with Crippen LogP contribution in [0.1, 0.15) is 18.4 Å². The molecule has 11 heteroatoms. The lowest BCUT2D eigenvalue weighted by molar-refractivity contribution is -0.274. The second kappa shape index (κ2) is 9.64. The molecule has 0 fully saturated rings. The van der Waals surface area contributed by atoms with Gasteiger partial charge in [-0.05, 0) is 55.4 Å². The summed E-state index contributed by atoms with van der Waals surface area (Å²) < 4.78 is 57.8. The fourth-order valence-electron chi connectivity index (χ4n) is 3.52. The Morgan fingerprint density at radius 2 is 2.00 bits per heavy atom. The summed E-state index contributed by atoms with van der Waals surface area (Å²) in [4.78, 5) is 0. The fraction of sp³-hybridized carbons (Fsp3) is 0.174. The molecule has 2 aromatic carbocycles. The van der Waals surface area contributed by atoms with Crippen molar-refractivity contribution >= 4 is 33.9 Å². The molecule has 0 atom stereocenters. The lowest BCUT2D eigenvalue weighted by Gasteiger charge is -2.10. The molecule has 1 heterocycles. The minimum Gasteiger partial charge on any atom is -0.493 e. The molecular weight excluding hydrogens is 472 g/mol. The van der Waals surface area contributed by atoms with Crippen molar-refractivity contribution in [2.45, 2.75) is 25.7 Å². The second-order valence-corrected chi connectivity index (χ2v) is 7.75. The predicted molar refractivity (Wildman–Crippen MR) is 122 cm³/mol. The molecule has 0 saturated carbocycles. The third-order valence-electron chi connectivity index (χ3n) is 5.02. The smallest absolute Gasteiger partial charge is 0.493 e. The number of aromatic hydroxyl groups is 1. The molecule has 34 heavy (non-hydrogen) atoms. The van der Waals surface area contributed by atoms with Gasteiger partial charge < -0.3 is 19.7 Å². The summed E-state index contributed by atoms with van der Waals surface area (Å²) in [6.45, 7) is -0.0914. The Bertz CT molecular complexity index is 1330. The van der Waals surface area contributed by atoms with Crippen molar-refractivity contribution in [3.8, 4) is 11.6 Å². The molecule has 3 aromatic rings. The van der Waals surface area contributed by atoms with Crippen LogP contribution in [0.2, 0.25) is 0 Å². The molecule has 0 aliphatic heterocycles. The number of aromatic nitrogens is 1. The van der Waals surface area contributed by atoms with E-state index in [0.717, 1.165) is 30.7 Å². The average Bonchev–Trinajstić information content (AvgIpc) is 3.03. The minimum atomic E-state index is -4.90. The molecule has 2 N–H and O–H groups in total. The second-order valence-electron chi connectivity index (χ2n) is 7.37. The zero-order chi connectivity index (χ0) is 24.3. The van der Waals surface area contributed by atoms with E-state index in [1.165, 1.54) is 28.8 Å². The number of fused-ring (bicyclic) bond motifs is 1. The molecule has 1 aliphatic carbocycles. The first-order valence-electron chi connectivity index (χ1n) is 10.1. The Kier molecular flexibility index (Phi) is 6.64. The number of thiocarbonyl (C=S) groups is 1. The van der Waals surface area contributed by atoms with Crippen LogP contribution in [-0.2, 0) is 6.54 Å². The quantitative estimate of drug-likeness (QED) is 0.239. The van der Waals surface area contributed by atoms with E-state index in [0.29, 0.717) is 5.52 Å². The number of benzene rings is 2. The van der Waals surface area contributed by atoms with Gasteiger partial charge in [-0.15, -0.1) is 23.4 Å². The van der Waals surface area contributed by atoms with Gasteiger partial charge in [0.05, 0.1) is 12.1 Å². The standard InChI is InChI=1S/C23H18F4N4O2S/c24-18-9-5-4-6-14(18)13-31-19-11-10-16(33-23(25,26)27)12-17(19)20(21(31)32)29-30-22(34)28-15-7-2-1-3-8-15/h1-2,4-7,9-12,32H,3,8,13H2,(H,28,34). The zero-order valence-corrected chi connectivity index (χ0v) is 18.3. The SMILES string of the molecule is Oc1c(N=NC(=S)NC2=CC=CCC2)c2cc(OC(F)(F)F)ccc2n1Cc1ccccc1F. The van der Waals surface area contributed by atoms with Crippen molar-refractivity contribution in [2.24, 2.45) is 10.2 Å². The lowest BCUT2D eigenvalue weighted by Crippen LogP contribution is -2.18. The van der Waals surface area contributed by atoms with Crippen molar-refractivity contribution in [1.29, 1.82) is 0 Å². The number of azo groups is 1. The molecule has 0 amide bonds. The van der Waals surface area contributed by atoms with Crippen LogP contribution in [0, 0.1) is 5.82 Å². The molecule has 0 unspecified atom stereocenters. The van der Waals surface area contributed by atoms with Gasteiger partial charge in [0.15, 0.2) is 5.69 Å². The monoisotopic (exact) mass is 490 g/mol. The fourth-order valence-corrected chi connectivity index (χ4v) is 3.69. The Morgan fingerprint density at radius 1 is 1.21 bits per heavy atom. The highest BCUT2D eigenvalue weighted by molar-refractivity contribution is 7.80. The van der Waals surface area contributed by atoms with E-state index in [1.54, 1.807) is 6.07 Å². The lowest BCUT2D eigenvalue weighted by atomic mass is 10.1. The summed E-state index contributed by atoms with van der Waals surface area (Å²) in [5.41, 5.74) is 1.28. The van der Waals surface area contributed by atoms with E-state index in [1.807, 2.05) is 18.2 Å². The molecule has 176 valence electrons. The zero-order valence-electron chi connectivity index (χ0n) is 17.5. The maximum Gasteiger partial charge on any atom is 0.573 e. The largest absolute Gasteiger partial charge is 0.573 e. The number of nitrogens with one attached hydrogen (secondary N) is 1. The van der Waals surface area contributed by atoms with Gasteiger partial charge in [-0.2, -0.15) is 0 Å². The van der Waals surface area contributed by atoms with E-state index in [4.69, 9.17) is 12.2 Å². The number of allylic oxidation sites excluding steroid dienone is 4. The number of rotatable bonds is 5. The topological polar surface area (TPSA) is 71.1 Å². The van der Waals surface area contributed by atoms with Crippen molar-refractivity contribution in [3.05, 3.63) is 77.8 Å². The normalized spacial score (nSPS) is 13.9. The van der Waals surface area contributed by atoms with E-state index in [2.05, 4.69) is 20.3 Å². The summed E-state index contributed by atoms with van der Waals surface area (Å²) in [6, 6.07) is 9.48. The van der Waals surface area contributed by atoms with E-state index < -0.39 is 23.8 Å². The summed E-state index contributed by atoms with van der Waals surface area (Å²) >= 11 is 5.18. The van der Waals surface area contributed by atoms with Crippen LogP contribution in [0.4, 0.5) is 23.2 Å². The van der Waals surface area contributed by atoms with Crippen LogP contribution in [0.15, 0.2) is 76.6 Å². The van der Waals surface area contributed by atoms with Crippen LogP contribution in [0.5, 0.6) is 11.6 Å². The maximum absolute atomic E-state index is 14.2. The molecule has 1 aliphatic rings. The van der Waals surface area contributed by atoms with Crippen LogP contribution in [-0.4, -0.2) is 21.1 Å². The summed E-state index contributed by atoms with van der Waals surface area (Å²) in [6.07, 6.45) is 2.38. The van der Waals surface area contributed by atoms with Gasteiger partial charge in [0.25, 0.3) is 0 Å². The van der Waals surface area contributed by atoms with E-state index in [9.17, 15) is 22.7 Å². The Balaban J connectivity index is 1.73. The third kappa shape index (κ3) is 5.42. The maximum atomic E-state index is 14.2. The molecule has 0 saturated heterocycles. The highest BCUT2D eigenvalue weighted by Crippen LogP contribution is 2.41. The summed E-state index contributed by atoms with van der Waals surface area (Å²) in [5, 5.41) is 21.8. The molecule has 0 radical (unpaired) electrons. The van der Waals surface area contributed by atoms with Crippen molar-refractivity contribution in [3.63, 3.8) is 0 Å². The number of alkyl halides is 3. The Labute approximate surface area is 196 Å². The highest BCUT2D eigenvalue weighted by Gasteiger charge is 2.31. The van der Waals surface area contributed by atoms with Gasteiger partial charge in [-0.25, -0.2) is 4.39 Å². The first-order valence-corrected chi connectivity index (χ1v) is 10.5. The number of halogens is 4. The first kappa shape index (κ1) is 23.4. The number of ether oxygens (including phenoxy) is 1. The number of nitrogens with zero attached hydrogens (tertiary/aromatic N) is 3. The molecular formula is C23H18F4N4O2S. The van der Waals surface area contributed by atoms with Gasteiger partial charge in [-0.3, -0.25) is 0 Å². The van der Waals surface area contributed by atoms with Gasteiger partial charge >= 0.3 is 6.36 Å². The van der Waals surface area contributed by atoms with E-state index in [-0.39, 0.29) is 28.3 Å². The number of hydrogen-bond acceptors (Lipinski definition) is 4. The first-order chi connectivity index (χ1) is 16.2. The molecule has 6 nitrogen and oxygen atoms in total. The van der Waals surface area contributed by atoms with Crippen LogP contribution in [0.25, 0.3) is 10.9 Å². The van der Waals surface area contributed by atoms with Crippen LogP contribution in [0.3, 0.4) is 0 Å². The van der Waals surface area contributed by atoms with E-state index >= 15 is 0 Å². The van der Waals surface area contributed by atoms with Gasteiger partial charge in [0.1, 0.15) is 11.6 Å². The van der Waals surface area contributed by atoms with Crippen molar-refractivity contribution in [2.75, 3.05) is 0 Å². The average molecular weight is 490 g/mol. The minimum absolute atomic E-state index is 0.0126. The van der Waals surface area contributed by atoms with Crippen molar-refractivity contribution in [1.82, 2.24) is 9.88 Å². The molecule has 1 aromatic heterocycles. The predicted octanol–water partition coefficient (Wildman–Crippen LogP) is 6.63. The summed E-state index contributed by atoms with van der Waals surface area (Å²) in [7, 11) is 0. The Hall–Kier alpha value is -3.73. The third-order valence-corrected chi connectivity index (χ3v) is 5.21. The van der Waals surface area contributed by atoms with Crippen LogP contribution < -0.4 is 10.1 Å². The number of hydrogen-bond donors (Lipinski definition) is 2. The van der Waals surface area contributed by atoms with Gasteiger partial charge in [0, 0.05) is 16.6 Å². The van der Waals surface area contributed by atoms with Crippen LogP contribution >= 0.6 is 12.2 Å². The molecule has 0 spiro atoms. The Morgan fingerprint density at radius 3 is 2.71 bits per heavy atom. The molecule has 4 rings (SSSR count). The highest BCUT2D eigenvalue weighted by atomic mass is 32.1. The molecule has 0 bridgehead atoms. The van der Waals surface area contributed by atoms with Gasteiger partial charge in [-0.1, -0.05) is 30.4 Å².